The monoisotopic (exact) mass is 202 g/mol. The SMILES string of the molecule is N#CCc1nc(F)cc(C(F)F)c1O. The van der Waals surface area contributed by atoms with E-state index in [-0.39, 0.29) is 5.69 Å². The summed E-state index contributed by atoms with van der Waals surface area (Å²) in [5, 5.41) is 17.4. The van der Waals surface area contributed by atoms with Crippen molar-refractivity contribution in [2.24, 2.45) is 0 Å². The lowest BCUT2D eigenvalue weighted by molar-refractivity contribution is 0.146. The van der Waals surface area contributed by atoms with Crippen LogP contribution in [0.25, 0.3) is 0 Å². The lowest BCUT2D eigenvalue weighted by atomic mass is 10.1. The van der Waals surface area contributed by atoms with E-state index in [1.54, 1.807) is 6.07 Å². The van der Waals surface area contributed by atoms with Crippen LogP contribution in [0.1, 0.15) is 17.7 Å². The van der Waals surface area contributed by atoms with Crippen LogP contribution in [0.3, 0.4) is 0 Å². The minimum Gasteiger partial charge on any atom is -0.505 e. The molecule has 0 radical (unpaired) electrons. The van der Waals surface area contributed by atoms with E-state index in [1.807, 2.05) is 0 Å². The normalized spacial score (nSPS) is 10.2. The Kier molecular flexibility index (Phi) is 2.92. The fourth-order valence-electron chi connectivity index (χ4n) is 0.942. The van der Waals surface area contributed by atoms with Crippen molar-refractivity contribution in [2.45, 2.75) is 12.8 Å². The van der Waals surface area contributed by atoms with Gasteiger partial charge in [0.2, 0.25) is 5.95 Å². The molecule has 0 aromatic carbocycles. The number of nitriles is 1. The average molecular weight is 202 g/mol. The van der Waals surface area contributed by atoms with Crippen LogP contribution < -0.4 is 0 Å². The molecule has 0 saturated carbocycles. The number of hydrogen-bond acceptors (Lipinski definition) is 3. The maximum Gasteiger partial charge on any atom is 0.267 e. The third-order valence-corrected chi connectivity index (χ3v) is 1.54. The van der Waals surface area contributed by atoms with Gasteiger partial charge in [-0.15, -0.1) is 0 Å². The highest BCUT2D eigenvalue weighted by Gasteiger charge is 2.18. The molecule has 1 aromatic rings. The Bertz CT molecular complexity index is 387. The third-order valence-electron chi connectivity index (χ3n) is 1.54. The van der Waals surface area contributed by atoms with E-state index >= 15 is 0 Å². The van der Waals surface area contributed by atoms with Crippen molar-refractivity contribution in [1.82, 2.24) is 4.98 Å². The molecule has 0 unspecified atom stereocenters. The van der Waals surface area contributed by atoms with E-state index < -0.39 is 30.1 Å². The van der Waals surface area contributed by atoms with E-state index in [9.17, 15) is 13.2 Å². The number of aromatic nitrogens is 1. The summed E-state index contributed by atoms with van der Waals surface area (Å²) in [7, 11) is 0. The first-order valence-electron chi connectivity index (χ1n) is 3.59. The number of pyridine rings is 1. The second kappa shape index (κ2) is 3.96. The number of rotatable bonds is 2. The van der Waals surface area contributed by atoms with Crippen molar-refractivity contribution < 1.29 is 18.3 Å². The molecule has 1 N–H and O–H groups in total. The quantitative estimate of drug-likeness (QED) is 0.745. The number of alkyl halides is 2. The van der Waals surface area contributed by atoms with Crippen molar-refractivity contribution >= 4 is 0 Å². The molecule has 0 aliphatic carbocycles. The number of halogens is 3. The number of hydrogen-bond donors (Lipinski definition) is 1. The Labute approximate surface area is 77.4 Å². The minimum absolute atomic E-state index is 0.372. The summed E-state index contributed by atoms with van der Waals surface area (Å²) in [6, 6.07) is 2.03. The highest BCUT2D eigenvalue weighted by Crippen LogP contribution is 2.30. The van der Waals surface area contributed by atoms with E-state index in [0.29, 0.717) is 6.07 Å². The van der Waals surface area contributed by atoms with Crippen LogP contribution in [0.2, 0.25) is 0 Å². The fraction of sp³-hybridized carbons (Fsp3) is 0.250. The smallest absolute Gasteiger partial charge is 0.267 e. The second-order valence-corrected chi connectivity index (χ2v) is 2.47. The zero-order chi connectivity index (χ0) is 10.7. The van der Waals surface area contributed by atoms with Crippen LogP contribution in [0, 0.1) is 17.3 Å². The van der Waals surface area contributed by atoms with Gasteiger partial charge >= 0.3 is 0 Å². The van der Waals surface area contributed by atoms with Crippen molar-refractivity contribution in [2.75, 3.05) is 0 Å². The molecule has 0 aliphatic rings. The van der Waals surface area contributed by atoms with E-state index in [1.165, 1.54) is 0 Å². The van der Waals surface area contributed by atoms with Crippen molar-refractivity contribution in [3.63, 3.8) is 0 Å². The van der Waals surface area contributed by atoms with Gasteiger partial charge in [-0.05, 0) is 0 Å². The zero-order valence-corrected chi connectivity index (χ0v) is 6.84. The van der Waals surface area contributed by atoms with Crippen LogP contribution >= 0.6 is 0 Å². The summed E-state index contributed by atoms with van der Waals surface area (Å²) in [5.41, 5.74) is -1.22. The predicted octanol–water partition coefficient (Wildman–Crippen LogP) is 1.93. The molecule has 1 heterocycles. The Morgan fingerprint density at radius 1 is 1.57 bits per heavy atom. The van der Waals surface area contributed by atoms with Gasteiger partial charge in [0.1, 0.15) is 5.75 Å². The largest absolute Gasteiger partial charge is 0.505 e. The van der Waals surface area contributed by atoms with Gasteiger partial charge in [0.25, 0.3) is 6.43 Å². The molecule has 0 aliphatic heterocycles. The van der Waals surface area contributed by atoms with Crippen LogP contribution in [0.15, 0.2) is 6.07 Å². The molecule has 1 rings (SSSR count). The maximum absolute atomic E-state index is 12.6. The van der Waals surface area contributed by atoms with Gasteiger partial charge in [-0.25, -0.2) is 13.8 Å². The fourth-order valence-corrected chi connectivity index (χ4v) is 0.942. The number of nitrogens with zero attached hydrogens (tertiary/aromatic N) is 2. The summed E-state index contributed by atoms with van der Waals surface area (Å²) in [6.07, 6.45) is -3.41. The zero-order valence-electron chi connectivity index (χ0n) is 6.84. The Hall–Kier alpha value is -1.77. The van der Waals surface area contributed by atoms with Gasteiger partial charge in [0.15, 0.2) is 0 Å². The average Bonchev–Trinajstić information content (AvgIpc) is 2.10. The van der Waals surface area contributed by atoms with Gasteiger partial charge in [-0.2, -0.15) is 9.65 Å². The highest BCUT2D eigenvalue weighted by atomic mass is 19.3. The second-order valence-electron chi connectivity index (χ2n) is 2.47. The first kappa shape index (κ1) is 10.3. The highest BCUT2D eigenvalue weighted by molar-refractivity contribution is 5.37. The molecule has 1 aromatic heterocycles. The topological polar surface area (TPSA) is 56.9 Å². The molecule has 0 fully saturated rings. The van der Waals surface area contributed by atoms with E-state index in [4.69, 9.17) is 10.4 Å². The Morgan fingerprint density at radius 3 is 2.71 bits per heavy atom. The standard InChI is InChI=1S/C8H5F3N2O/c9-6-3-4(8(10)11)7(14)5(13-6)1-2-12/h3,8,14H,1H2. The third kappa shape index (κ3) is 1.93. The molecular formula is C8H5F3N2O. The van der Waals surface area contributed by atoms with Crippen LogP contribution in [-0.2, 0) is 6.42 Å². The Morgan fingerprint density at radius 2 is 2.21 bits per heavy atom. The lowest BCUT2D eigenvalue weighted by Gasteiger charge is -2.05. The van der Waals surface area contributed by atoms with Crippen molar-refractivity contribution in [3.05, 3.63) is 23.3 Å². The van der Waals surface area contributed by atoms with Gasteiger partial charge in [-0.1, -0.05) is 0 Å². The molecule has 74 valence electrons. The van der Waals surface area contributed by atoms with Gasteiger partial charge < -0.3 is 5.11 Å². The molecule has 14 heavy (non-hydrogen) atoms. The summed E-state index contributed by atoms with van der Waals surface area (Å²) in [6.45, 7) is 0. The molecule has 6 heteroatoms. The minimum atomic E-state index is -3.00. The molecule has 3 nitrogen and oxygen atoms in total. The lowest BCUT2D eigenvalue weighted by Crippen LogP contribution is -1.98. The van der Waals surface area contributed by atoms with Crippen molar-refractivity contribution in [3.8, 4) is 11.8 Å². The van der Waals surface area contributed by atoms with Crippen LogP contribution in [-0.4, -0.2) is 10.1 Å². The maximum atomic E-state index is 12.6. The van der Waals surface area contributed by atoms with E-state index in [0.717, 1.165) is 0 Å². The Balaban J connectivity index is 3.26. The summed E-state index contributed by atoms with van der Waals surface area (Å²) in [4.78, 5) is 3.13. The molecule has 0 bridgehead atoms. The summed E-state index contributed by atoms with van der Waals surface area (Å²) in [5.74, 6) is -1.95. The predicted molar refractivity (Wildman–Crippen MR) is 40.1 cm³/mol. The summed E-state index contributed by atoms with van der Waals surface area (Å²) < 4.78 is 37.0. The van der Waals surface area contributed by atoms with Crippen molar-refractivity contribution in [1.29, 1.82) is 5.26 Å². The molecular weight excluding hydrogens is 197 g/mol. The first-order valence-corrected chi connectivity index (χ1v) is 3.59. The molecule has 0 saturated heterocycles. The van der Waals surface area contributed by atoms with Crippen LogP contribution in [0.4, 0.5) is 13.2 Å². The van der Waals surface area contributed by atoms with Gasteiger partial charge in [-0.3, -0.25) is 0 Å². The molecule has 0 amide bonds. The molecule has 0 atom stereocenters. The number of aromatic hydroxyl groups is 1. The summed E-state index contributed by atoms with van der Waals surface area (Å²) >= 11 is 0. The van der Waals surface area contributed by atoms with Gasteiger partial charge in [0, 0.05) is 6.07 Å². The van der Waals surface area contributed by atoms with Crippen LogP contribution in [0.5, 0.6) is 5.75 Å². The van der Waals surface area contributed by atoms with E-state index in [2.05, 4.69) is 4.98 Å². The molecule has 0 spiro atoms. The van der Waals surface area contributed by atoms with Gasteiger partial charge in [0.05, 0.1) is 23.7 Å². The first-order chi connectivity index (χ1) is 6.56.